The predicted octanol–water partition coefficient (Wildman–Crippen LogP) is 1.15. The first kappa shape index (κ1) is 19.8. The lowest BCUT2D eigenvalue weighted by Gasteiger charge is -2.37. The zero-order chi connectivity index (χ0) is 20.1. The minimum absolute atomic E-state index is 0.119. The lowest BCUT2D eigenvalue weighted by atomic mass is 9.90. The highest BCUT2D eigenvalue weighted by atomic mass is 16.2. The second-order valence-electron chi connectivity index (χ2n) is 6.94. The van der Waals surface area contributed by atoms with Gasteiger partial charge in [-0.2, -0.15) is 0 Å². The Hall–Kier alpha value is -3.00. The van der Waals surface area contributed by atoms with Crippen molar-refractivity contribution in [3.63, 3.8) is 0 Å². The molecular formula is C20H27N7O. The van der Waals surface area contributed by atoms with Crippen LogP contribution < -0.4 is 16.4 Å². The summed E-state index contributed by atoms with van der Waals surface area (Å²) in [6.07, 6.45) is 3.21. The molecule has 1 unspecified atom stereocenters. The number of nitrogens with two attached hydrogens (primary N) is 2. The van der Waals surface area contributed by atoms with E-state index < -0.39 is 0 Å². The van der Waals surface area contributed by atoms with Crippen molar-refractivity contribution >= 4 is 23.8 Å². The molecule has 8 heteroatoms. The summed E-state index contributed by atoms with van der Waals surface area (Å²) >= 11 is 0. The molecule has 1 fully saturated rings. The summed E-state index contributed by atoms with van der Waals surface area (Å²) in [6, 6.07) is 8.00. The Bertz CT molecular complexity index is 846. The summed E-state index contributed by atoms with van der Waals surface area (Å²) in [5, 5.41) is 7.58. The molecule has 8 nitrogen and oxygen atoms in total. The van der Waals surface area contributed by atoms with Crippen molar-refractivity contribution in [2.24, 2.45) is 5.73 Å². The van der Waals surface area contributed by atoms with Gasteiger partial charge in [0.15, 0.2) is 0 Å². The number of hydrogen-bond donors (Lipinski definition) is 3. The number of aromatic nitrogens is 2. The number of piperazine rings is 1. The number of carbonyl (C=O) groups is 1. The van der Waals surface area contributed by atoms with Crippen LogP contribution in [0.4, 0.5) is 11.6 Å². The Morgan fingerprint density at radius 2 is 1.96 bits per heavy atom. The van der Waals surface area contributed by atoms with Crippen LogP contribution >= 0.6 is 0 Å². The van der Waals surface area contributed by atoms with E-state index in [4.69, 9.17) is 16.9 Å². The van der Waals surface area contributed by atoms with E-state index in [9.17, 15) is 4.79 Å². The Kier molecular flexibility index (Phi) is 6.20. The number of hydrogen-bond acceptors (Lipinski definition) is 7. The maximum absolute atomic E-state index is 13.2. The Balaban J connectivity index is 1.73. The monoisotopic (exact) mass is 381 g/mol. The van der Waals surface area contributed by atoms with Crippen LogP contribution in [0.3, 0.4) is 0 Å². The highest BCUT2D eigenvalue weighted by Crippen LogP contribution is 2.27. The minimum Gasteiger partial charge on any atom is -0.383 e. The van der Waals surface area contributed by atoms with Crippen molar-refractivity contribution in [2.45, 2.75) is 19.3 Å². The quantitative estimate of drug-likeness (QED) is 0.645. The normalized spacial score (nSPS) is 15.4. The minimum atomic E-state index is -0.218. The van der Waals surface area contributed by atoms with Gasteiger partial charge in [-0.1, -0.05) is 24.3 Å². The molecule has 1 amide bonds. The van der Waals surface area contributed by atoms with Gasteiger partial charge in [-0.3, -0.25) is 4.79 Å². The van der Waals surface area contributed by atoms with Crippen molar-refractivity contribution in [1.82, 2.24) is 14.9 Å². The van der Waals surface area contributed by atoms with Crippen LogP contribution in [0.5, 0.6) is 0 Å². The molecule has 5 N–H and O–H groups in total. The van der Waals surface area contributed by atoms with E-state index in [-0.39, 0.29) is 11.8 Å². The van der Waals surface area contributed by atoms with Gasteiger partial charge in [-0.25, -0.2) is 9.97 Å². The molecule has 28 heavy (non-hydrogen) atoms. The van der Waals surface area contributed by atoms with Crippen LogP contribution in [0.1, 0.15) is 29.0 Å². The van der Waals surface area contributed by atoms with Gasteiger partial charge in [0.2, 0.25) is 5.91 Å². The van der Waals surface area contributed by atoms with Crippen LogP contribution in [-0.2, 0) is 4.79 Å². The third-order valence-electron chi connectivity index (χ3n) is 5.25. The summed E-state index contributed by atoms with van der Waals surface area (Å²) in [7, 11) is 0. The van der Waals surface area contributed by atoms with Crippen molar-refractivity contribution < 1.29 is 4.79 Å². The molecule has 0 bridgehead atoms. The molecule has 0 radical (unpaired) electrons. The standard InChI is InChI=1S/C20H27N7O/c1-14-4-2-3-5-15(14)16(6-7-21)20(28)27-10-8-26(9-11-27)19-17(12-22)18(23)24-13-25-19/h2-5,12-13,16,22H,6-11,21H2,1H3,(H2,23,24,25). The lowest BCUT2D eigenvalue weighted by Crippen LogP contribution is -2.50. The third-order valence-corrected chi connectivity index (χ3v) is 5.25. The summed E-state index contributed by atoms with van der Waals surface area (Å²) < 4.78 is 0. The van der Waals surface area contributed by atoms with Crippen LogP contribution in [0, 0.1) is 12.3 Å². The number of amides is 1. The van der Waals surface area contributed by atoms with E-state index >= 15 is 0 Å². The molecule has 148 valence electrons. The second-order valence-corrected chi connectivity index (χ2v) is 6.94. The first-order valence-electron chi connectivity index (χ1n) is 9.47. The molecule has 1 aliphatic rings. The first-order valence-corrected chi connectivity index (χ1v) is 9.47. The van der Waals surface area contributed by atoms with E-state index in [1.807, 2.05) is 41.0 Å². The fraction of sp³-hybridized carbons (Fsp3) is 0.400. The Labute approximate surface area is 165 Å². The Morgan fingerprint density at radius 3 is 2.61 bits per heavy atom. The number of anilines is 2. The maximum Gasteiger partial charge on any atom is 0.230 e. The summed E-state index contributed by atoms with van der Waals surface area (Å²) in [4.78, 5) is 25.4. The largest absolute Gasteiger partial charge is 0.383 e. The Morgan fingerprint density at radius 1 is 1.25 bits per heavy atom. The summed E-state index contributed by atoms with van der Waals surface area (Å²) in [5.74, 6) is 0.839. The van der Waals surface area contributed by atoms with Crippen molar-refractivity contribution in [3.05, 3.63) is 47.3 Å². The maximum atomic E-state index is 13.2. The molecule has 0 aliphatic carbocycles. The van der Waals surface area contributed by atoms with Gasteiger partial charge in [0.25, 0.3) is 0 Å². The first-order chi connectivity index (χ1) is 13.6. The average Bonchev–Trinajstić information content (AvgIpc) is 2.72. The molecule has 1 saturated heterocycles. The predicted molar refractivity (Wildman–Crippen MR) is 111 cm³/mol. The molecule has 3 rings (SSSR count). The van der Waals surface area contributed by atoms with Crippen molar-refractivity contribution in [3.8, 4) is 0 Å². The van der Waals surface area contributed by atoms with Gasteiger partial charge in [-0.15, -0.1) is 0 Å². The van der Waals surface area contributed by atoms with Crippen LogP contribution in [0.15, 0.2) is 30.6 Å². The van der Waals surface area contributed by atoms with Gasteiger partial charge in [0, 0.05) is 32.4 Å². The fourth-order valence-electron chi connectivity index (χ4n) is 3.71. The molecule has 2 heterocycles. The number of benzene rings is 1. The van der Waals surface area contributed by atoms with Gasteiger partial charge in [0.1, 0.15) is 18.0 Å². The number of aryl methyl sites for hydroxylation is 1. The van der Waals surface area contributed by atoms with E-state index in [0.717, 1.165) is 11.1 Å². The molecular weight excluding hydrogens is 354 g/mol. The third kappa shape index (κ3) is 3.96. The molecule has 0 saturated carbocycles. The average molecular weight is 381 g/mol. The number of nitrogen functional groups attached to an aromatic ring is 1. The second kappa shape index (κ2) is 8.79. The number of nitrogens with zero attached hydrogens (tertiary/aromatic N) is 4. The lowest BCUT2D eigenvalue weighted by molar-refractivity contribution is -0.133. The molecule has 2 aromatic rings. The number of nitrogens with one attached hydrogen (secondary N) is 1. The fourth-order valence-corrected chi connectivity index (χ4v) is 3.71. The topological polar surface area (TPSA) is 125 Å². The SMILES string of the molecule is Cc1ccccc1C(CCN)C(=O)N1CCN(c2ncnc(N)c2C=N)CC1. The highest BCUT2D eigenvalue weighted by molar-refractivity contribution is 5.90. The smallest absolute Gasteiger partial charge is 0.230 e. The number of carbonyl (C=O) groups excluding carboxylic acids is 1. The van der Waals surface area contributed by atoms with E-state index in [2.05, 4.69) is 9.97 Å². The van der Waals surface area contributed by atoms with Gasteiger partial charge >= 0.3 is 0 Å². The molecule has 1 aliphatic heterocycles. The summed E-state index contributed by atoms with van der Waals surface area (Å²) in [6.45, 7) is 4.94. The van der Waals surface area contributed by atoms with Crippen LogP contribution in [0.25, 0.3) is 0 Å². The zero-order valence-corrected chi connectivity index (χ0v) is 16.1. The van der Waals surface area contributed by atoms with Crippen molar-refractivity contribution in [1.29, 1.82) is 5.41 Å². The molecule has 1 aromatic heterocycles. The van der Waals surface area contributed by atoms with Crippen molar-refractivity contribution in [2.75, 3.05) is 43.4 Å². The highest BCUT2D eigenvalue weighted by Gasteiger charge is 2.30. The molecule has 0 spiro atoms. The van der Waals surface area contributed by atoms with Crippen LogP contribution in [-0.4, -0.2) is 59.7 Å². The van der Waals surface area contributed by atoms with Crippen LogP contribution in [0.2, 0.25) is 0 Å². The van der Waals surface area contributed by atoms with Gasteiger partial charge in [0.05, 0.1) is 11.5 Å². The summed E-state index contributed by atoms with van der Waals surface area (Å²) in [5.41, 5.74) is 14.3. The van der Waals surface area contributed by atoms with E-state index in [1.54, 1.807) is 0 Å². The molecule has 1 aromatic carbocycles. The zero-order valence-electron chi connectivity index (χ0n) is 16.1. The van der Waals surface area contributed by atoms with Gasteiger partial charge in [-0.05, 0) is 31.0 Å². The van der Waals surface area contributed by atoms with Gasteiger partial charge < -0.3 is 26.7 Å². The number of rotatable bonds is 6. The van der Waals surface area contributed by atoms with E-state index in [0.29, 0.717) is 56.3 Å². The van der Waals surface area contributed by atoms with E-state index in [1.165, 1.54) is 12.5 Å². The molecule has 1 atom stereocenters.